The molecule has 17 heavy (non-hydrogen) atoms. The zero-order valence-electron chi connectivity index (χ0n) is 9.99. The number of hydrogen-bond acceptors (Lipinski definition) is 1. The van der Waals surface area contributed by atoms with Gasteiger partial charge in [-0.1, -0.05) is 30.6 Å². The summed E-state index contributed by atoms with van der Waals surface area (Å²) >= 11 is 0. The maximum atomic E-state index is 9.64. The molecule has 0 aliphatic rings. The van der Waals surface area contributed by atoms with Crippen molar-refractivity contribution in [2.45, 2.75) is 13.7 Å². The number of benzene rings is 2. The third-order valence-corrected chi connectivity index (χ3v) is 3.26. The first-order chi connectivity index (χ1) is 8.15. The summed E-state index contributed by atoms with van der Waals surface area (Å²) in [5.74, 6) is 0. The Kier molecular flexibility index (Phi) is 2.23. The molecule has 3 heteroatoms. The Balaban J connectivity index is 2.39. The topological polar surface area (TPSA) is 36.0 Å². The summed E-state index contributed by atoms with van der Waals surface area (Å²) in [5.41, 5.74) is 4.48. The summed E-state index contributed by atoms with van der Waals surface area (Å²) in [7, 11) is 0. The standard InChI is InChI=1S/C14H14BNO/c1-9-3-5-13-11(7-9)12-8-10(15(2)17)4-6-14(12)16-13/h3-8,16-17H,1-2H3. The average molecular weight is 223 g/mol. The molecule has 0 aliphatic heterocycles. The molecular formula is C14H14BNO. The van der Waals surface area contributed by atoms with Crippen LogP contribution in [0.3, 0.4) is 0 Å². The van der Waals surface area contributed by atoms with E-state index >= 15 is 0 Å². The molecular weight excluding hydrogens is 209 g/mol. The van der Waals surface area contributed by atoms with Crippen LogP contribution in [-0.4, -0.2) is 16.9 Å². The molecule has 0 saturated carbocycles. The predicted octanol–water partition coefficient (Wildman–Crippen LogP) is 2.45. The lowest BCUT2D eigenvalue weighted by Crippen LogP contribution is -2.25. The third-order valence-electron chi connectivity index (χ3n) is 3.26. The van der Waals surface area contributed by atoms with Crippen LogP contribution in [0.1, 0.15) is 5.56 Å². The van der Waals surface area contributed by atoms with Gasteiger partial charge >= 0.3 is 6.92 Å². The highest BCUT2D eigenvalue weighted by atomic mass is 16.2. The molecule has 84 valence electrons. The summed E-state index contributed by atoms with van der Waals surface area (Å²) in [6, 6.07) is 12.5. The highest BCUT2D eigenvalue weighted by Gasteiger charge is 2.10. The van der Waals surface area contributed by atoms with Gasteiger partial charge in [-0.3, -0.25) is 0 Å². The molecule has 0 saturated heterocycles. The summed E-state index contributed by atoms with van der Waals surface area (Å²) in [4.78, 5) is 3.39. The largest absolute Gasteiger partial charge is 0.447 e. The molecule has 1 aromatic heterocycles. The molecule has 0 bridgehead atoms. The van der Waals surface area contributed by atoms with Crippen molar-refractivity contribution in [3.8, 4) is 0 Å². The molecule has 2 N–H and O–H groups in total. The molecule has 2 aromatic carbocycles. The zero-order valence-corrected chi connectivity index (χ0v) is 9.99. The fraction of sp³-hybridized carbons (Fsp3) is 0.143. The lowest BCUT2D eigenvalue weighted by atomic mass is 9.64. The second-order valence-corrected chi connectivity index (χ2v) is 4.66. The van der Waals surface area contributed by atoms with Gasteiger partial charge in [-0.05, 0) is 30.6 Å². The van der Waals surface area contributed by atoms with Crippen LogP contribution in [-0.2, 0) is 0 Å². The van der Waals surface area contributed by atoms with Gasteiger partial charge < -0.3 is 10.0 Å². The van der Waals surface area contributed by atoms with Crippen LogP contribution in [0.2, 0.25) is 6.82 Å². The molecule has 2 nitrogen and oxygen atoms in total. The second-order valence-electron chi connectivity index (χ2n) is 4.66. The Bertz CT molecular complexity index is 700. The molecule has 0 fully saturated rings. The monoisotopic (exact) mass is 223 g/mol. The highest BCUT2D eigenvalue weighted by Crippen LogP contribution is 2.25. The van der Waals surface area contributed by atoms with E-state index in [2.05, 4.69) is 36.2 Å². The lowest BCUT2D eigenvalue weighted by molar-refractivity contribution is 0.594. The number of aromatic amines is 1. The Morgan fingerprint density at radius 2 is 1.65 bits per heavy atom. The quantitative estimate of drug-likeness (QED) is 0.610. The fourth-order valence-corrected chi connectivity index (χ4v) is 2.29. The van der Waals surface area contributed by atoms with Gasteiger partial charge in [0.2, 0.25) is 0 Å². The normalized spacial score (nSPS) is 11.2. The van der Waals surface area contributed by atoms with Crippen molar-refractivity contribution >= 4 is 34.2 Å². The van der Waals surface area contributed by atoms with Crippen LogP contribution in [0.5, 0.6) is 0 Å². The van der Waals surface area contributed by atoms with Crippen molar-refractivity contribution in [2.24, 2.45) is 0 Å². The first-order valence-corrected chi connectivity index (χ1v) is 5.85. The van der Waals surface area contributed by atoms with Crippen molar-refractivity contribution in [1.82, 2.24) is 4.98 Å². The van der Waals surface area contributed by atoms with Crippen molar-refractivity contribution < 1.29 is 5.02 Å². The number of fused-ring (bicyclic) bond motifs is 3. The summed E-state index contributed by atoms with van der Waals surface area (Å²) in [6.07, 6.45) is 0. The van der Waals surface area contributed by atoms with Crippen LogP contribution in [0, 0.1) is 6.92 Å². The third kappa shape index (κ3) is 1.63. The molecule has 0 spiro atoms. The number of hydrogen-bond donors (Lipinski definition) is 2. The second kappa shape index (κ2) is 3.64. The maximum Gasteiger partial charge on any atom is 0.320 e. The molecule has 0 amide bonds. The van der Waals surface area contributed by atoms with Gasteiger partial charge in [-0.2, -0.15) is 0 Å². The van der Waals surface area contributed by atoms with Crippen molar-refractivity contribution in [3.05, 3.63) is 42.0 Å². The summed E-state index contributed by atoms with van der Waals surface area (Å²) in [6.45, 7) is 3.46. The maximum absolute atomic E-state index is 9.64. The number of aromatic nitrogens is 1. The van der Waals surface area contributed by atoms with Crippen LogP contribution in [0.15, 0.2) is 36.4 Å². The summed E-state index contributed by atoms with van der Waals surface area (Å²) < 4.78 is 0. The number of H-pyrrole nitrogens is 1. The van der Waals surface area contributed by atoms with E-state index in [0.29, 0.717) is 0 Å². The van der Waals surface area contributed by atoms with E-state index in [1.807, 2.05) is 12.1 Å². The fourth-order valence-electron chi connectivity index (χ4n) is 2.29. The molecule has 3 aromatic rings. The Labute approximate surface area is 100 Å². The Morgan fingerprint density at radius 1 is 1.00 bits per heavy atom. The molecule has 0 radical (unpaired) electrons. The Morgan fingerprint density at radius 3 is 2.35 bits per heavy atom. The van der Waals surface area contributed by atoms with E-state index in [1.165, 1.54) is 16.3 Å². The minimum atomic E-state index is -0.422. The molecule has 0 unspecified atom stereocenters. The van der Waals surface area contributed by atoms with Gasteiger partial charge in [0.25, 0.3) is 0 Å². The molecule has 1 heterocycles. The first-order valence-electron chi connectivity index (χ1n) is 5.85. The van der Waals surface area contributed by atoms with Crippen LogP contribution in [0.25, 0.3) is 21.8 Å². The van der Waals surface area contributed by atoms with Crippen molar-refractivity contribution in [3.63, 3.8) is 0 Å². The van der Waals surface area contributed by atoms with E-state index in [1.54, 1.807) is 6.82 Å². The van der Waals surface area contributed by atoms with E-state index in [-0.39, 0.29) is 0 Å². The summed E-state index contributed by atoms with van der Waals surface area (Å²) in [5, 5.41) is 12.0. The lowest BCUT2D eigenvalue weighted by Gasteiger charge is -2.00. The van der Waals surface area contributed by atoms with Crippen LogP contribution < -0.4 is 5.46 Å². The van der Waals surface area contributed by atoms with Gasteiger partial charge in [0.15, 0.2) is 0 Å². The van der Waals surface area contributed by atoms with Crippen molar-refractivity contribution in [2.75, 3.05) is 0 Å². The SMILES string of the molecule is CB(O)c1ccc2[nH]c3ccc(C)cc3c2c1. The zero-order chi connectivity index (χ0) is 12.0. The van der Waals surface area contributed by atoms with Gasteiger partial charge in [-0.25, -0.2) is 0 Å². The predicted molar refractivity (Wildman–Crippen MR) is 74.0 cm³/mol. The molecule has 3 rings (SSSR count). The Hall–Kier alpha value is -1.74. The molecule has 0 aliphatic carbocycles. The van der Waals surface area contributed by atoms with Gasteiger partial charge in [0.05, 0.1) is 0 Å². The minimum absolute atomic E-state index is 0.422. The average Bonchev–Trinajstić information content (AvgIpc) is 2.66. The van der Waals surface area contributed by atoms with E-state index in [4.69, 9.17) is 0 Å². The van der Waals surface area contributed by atoms with Gasteiger partial charge in [0, 0.05) is 21.8 Å². The minimum Gasteiger partial charge on any atom is -0.447 e. The first kappa shape index (κ1) is 10.4. The van der Waals surface area contributed by atoms with Crippen LogP contribution in [0.4, 0.5) is 0 Å². The van der Waals surface area contributed by atoms with E-state index in [9.17, 15) is 5.02 Å². The number of nitrogens with one attached hydrogen (secondary N) is 1. The van der Waals surface area contributed by atoms with Gasteiger partial charge in [-0.15, -0.1) is 0 Å². The number of rotatable bonds is 1. The van der Waals surface area contributed by atoms with Crippen LogP contribution >= 0.6 is 0 Å². The van der Waals surface area contributed by atoms with E-state index in [0.717, 1.165) is 16.5 Å². The van der Waals surface area contributed by atoms with Gasteiger partial charge in [0.1, 0.15) is 0 Å². The van der Waals surface area contributed by atoms with E-state index < -0.39 is 6.92 Å². The highest BCUT2D eigenvalue weighted by molar-refractivity contribution is 6.65. The smallest absolute Gasteiger partial charge is 0.320 e. The molecule has 0 atom stereocenters. The number of aryl methyl sites for hydroxylation is 1. The van der Waals surface area contributed by atoms with Crippen molar-refractivity contribution in [1.29, 1.82) is 0 Å².